The average Bonchev–Trinajstić information content (AvgIpc) is 3.19. The Morgan fingerprint density at radius 1 is 1.18 bits per heavy atom. The van der Waals surface area contributed by atoms with Crippen molar-refractivity contribution < 1.29 is 14.2 Å². The minimum Gasteiger partial charge on any atom is -0.493 e. The average molecular weight is 386 g/mol. The first-order valence-electron chi connectivity index (χ1n) is 10.1. The van der Waals surface area contributed by atoms with Crippen molar-refractivity contribution in [1.29, 1.82) is 0 Å². The molecule has 6 nitrogen and oxygen atoms in total. The maximum atomic E-state index is 6.04. The summed E-state index contributed by atoms with van der Waals surface area (Å²) in [6.07, 6.45) is 5.90. The van der Waals surface area contributed by atoms with Crippen molar-refractivity contribution in [2.45, 2.75) is 38.7 Å². The number of rotatable bonds is 10. The predicted octanol–water partition coefficient (Wildman–Crippen LogP) is 3.13. The molecule has 0 N–H and O–H groups in total. The zero-order valence-electron chi connectivity index (χ0n) is 17.2. The zero-order valence-corrected chi connectivity index (χ0v) is 17.2. The highest BCUT2D eigenvalue weighted by atomic mass is 16.5. The highest BCUT2D eigenvalue weighted by Gasteiger charge is 2.21. The highest BCUT2D eigenvalue weighted by Crippen LogP contribution is 2.29. The van der Waals surface area contributed by atoms with Crippen molar-refractivity contribution >= 4 is 0 Å². The molecule has 0 aliphatic carbocycles. The van der Waals surface area contributed by atoms with Gasteiger partial charge >= 0.3 is 0 Å². The summed E-state index contributed by atoms with van der Waals surface area (Å²) in [4.78, 5) is 11.4. The summed E-state index contributed by atoms with van der Waals surface area (Å²) in [7, 11) is 3.46. The molecule has 1 aliphatic heterocycles. The topological polar surface area (TPSA) is 56.7 Å². The van der Waals surface area contributed by atoms with Gasteiger partial charge in [0.15, 0.2) is 11.5 Å². The van der Waals surface area contributed by atoms with E-state index in [0.717, 1.165) is 67.5 Å². The van der Waals surface area contributed by atoms with Crippen LogP contribution in [0.2, 0.25) is 0 Å². The molecule has 0 saturated carbocycles. The molecular formula is C22H31N3O3. The summed E-state index contributed by atoms with van der Waals surface area (Å²) in [5.41, 5.74) is 2.18. The van der Waals surface area contributed by atoms with E-state index < -0.39 is 0 Å². The smallest absolute Gasteiger partial charge is 0.161 e. The third-order valence-corrected chi connectivity index (χ3v) is 5.15. The molecule has 152 valence electrons. The van der Waals surface area contributed by atoms with Gasteiger partial charge in [0.2, 0.25) is 0 Å². The van der Waals surface area contributed by atoms with Crippen molar-refractivity contribution in [3.05, 3.63) is 47.5 Å². The van der Waals surface area contributed by atoms with E-state index in [1.165, 1.54) is 0 Å². The number of aromatic nitrogens is 2. The van der Waals surface area contributed by atoms with Crippen LogP contribution < -0.4 is 9.47 Å². The molecule has 1 aliphatic rings. The van der Waals surface area contributed by atoms with E-state index in [1.807, 2.05) is 30.5 Å². The van der Waals surface area contributed by atoms with Crippen molar-refractivity contribution in [3.8, 4) is 11.5 Å². The van der Waals surface area contributed by atoms with E-state index in [9.17, 15) is 0 Å². The number of ether oxygens (including phenoxy) is 3. The number of benzene rings is 1. The molecule has 3 rings (SSSR count). The molecular weight excluding hydrogens is 354 g/mol. The first-order valence-corrected chi connectivity index (χ1v) is 10.1. The minimum atomic E-state index is 0.381. The predicted molar refractivity (Wildman–Crippen MR) is 109 cm³/mol. The number of nitrogens with zero attached hydrogens (tertiary/aromatic N) is 3. The van der Waals surface area contributed by atoms with E-state index in [-0.39, 0.29) is 0 Å². The number of hydrogen-bond acceptors (Lipinski definition) is 6. The first-order chi connectivity index (χ1) is 13.7. The Labute approximate surface area is 167 Å². The lowest BCUT2D eigenvalue weighted by atomic mass is 10.1. The van der Waals surface area contributed by atoms with Gasteiger partial charge in [0.25, 0.3) is 0 Å². The van der Waals surface area contributed by atoms with Crippen LogP contribution in [0.15, 0.2) is 30.5 Å². The third-order valence-electron chi connectivity index (χ3n) is 5.15. The fourth-order valence-corrected chi connectivity index (χ4v) is 3.51. The molecule has 0 amide bonds. The molecule has 28 heavy (non-hydrogen) atoms. The van der Waals surface area contributed by atoms with Crippen LogP contribution in [0.1, 0.15) is 36.8 Å². The summed E-state index contributed by atoms with van der Waals surface area (Å²) < 4.78 is 16.9. The van der Waals surface area contributed by atoms with E-state index in [1.54, 1.807) is 14.2 Å². The summed E-state index contributed by atoms with van der Waals surface area (Å²) in [5, 5.41) is 0. The molecule has 1 unspecified atom stereocenters. The van der Waals surface area contributed by atoms with Gasteiger partial charge in [-0.05, 0) is 43.0 Å². The number of likely N-dealkylation sites (tertiary alicyclic amines) is 1. The Hall–Kier alpha value is -2.18. The van der Waals surface area contributed by atoms with Crippen molar-refractivity contribution in [1.82, 2.24) is 14.9 Å². The van der Waals surface area contributed by atoms with Crippen LogP contribution in [0.3, 0.4) is 0 Å². The molecule has 1 saturated heterocycles. The lowest BCUT2D eigenvalue weighted by Crippen LogP contribution is -2.25. The van der Waals surface area contributed by atoms with Crippen LogP contribution in [0.4, 0.5) is 0 Å². The molecule has 1 aromatic heterocycles. The van der Waals surface area contributed by atoms with Gasteiger partial charge in [-0.3, -0.25) is 0 Å². The highest BCUT2D eigenvalue weighted by molar-refractivity contribution is 5.43. The van der Waals surface area contributed by atoms with Gasteiger partial charge in [0.05, 0.1) is 19.8 Å². The molecule has 1 atom stereocenters. The van der Waals surface area contributed by atoms with Gasteiger partial charge in [-0.2, -0.15) is 0 Å². The fraction of sp³-hybridized carbons (Fsp3) is 0.545. The quantitative estimate of drug-likeness (QED) is 0.586. The van der Waals surface area contributed by atoms with Gasteiger partial charge in [0.1, 0.15) is 5.82 Å². The second kappa shape index (κ2) is 10.4. The van der Waals surface area contributed by atoms with Crippen LogP contribution >= 0.6 is 0 Å². The lowest BCUT2D eigenvalue weighted by Gasteiger charge is -2.16. The molecule has 0 spiro atoms. The Bertz CT molecular complexity index is 754. The second-order valence-electron chi connectivity index (χ2n) is 7.13. The molecule has 2 aromatic rings. The van der Waals surface area contributed by atoms with Crippen molar-refractivity contribution in [2.75, 3.05) is 40.5 Å². The summed E-state index contributed by atoms with van der Waals surface area (Å²) in [6, 6.07) is 8.00. The maximum absolute atomic E-state index is 6.04. The van der Waals surface area contributed by atoms with Crippen LogP contribution in [-0.2, 0) is 17.6 Å². The van der Waals surface area contributed by atoms with Crippen LogP contribution in [0, 0.1) is 0 Å². The fourth-order valence-electron chi connectivity index (χ4n) is 3.51. The Morgan fingerprint density at radius 3 is 2.82 bits per heavy atom. The number of methoxy groups -OCH3 is 2. The van der Waals surface area contributed by atoms with Crippen LogP contribution in [0.5, 0.6) is 11.5 Å². The van der Waals surface area contributed by atoms with Crippen LogP contribution in [-0.4, -0.2) is 61.4 Å². The monoisotopic (exact) mass is 385 g/mol. The number of aryl methyl sites for hydroxylation is 1. The van der Waals surface area contributed by atoms with Crippen molar-refractivity contribution in [3.63, 3.8) is 0 Å². The van der Waals surface area contributed by atoms with Gasteiger partial charge in [-0.25, -0.2) is 9.97 Å². The molecule has 1 aromatic carbocycles. The standard InChI is InChI=1S/C22H31N3O3/c1-4-18-8-10-23-22(24-18)15-17-6-7-20(27-3)21(14-17)28-13-5-11-25-12-9-19(16-25)26-2/h6-8,10,14,19H,4-5,9,11-13,15-16H2,1-3H3. The maximum Gasteiger partial charge on any atom is 0.161 e. The molecule has 0 radical (unpaired) electrons. The van der Waals surface area contributed by atoms with E-state index in [0.29, 0.717) is 19.1 Å². The van der Waals surface area contributed by atoms with Crippen LogP contribution in [0.25, 0.3) is 0 Å². The SMILES string of the molecule is CCc1ccnc(Cc2ccc(OC)c(OCCCN3CCC(OC)C3)c2)n1. The second-order valence-corrected chi connectivity index (χ2v) is 7.13. The van der Waals surface area contributed by atoms with Crippen molar-refractivity contribution in [2.24, 2.45) is 0 Å². The van der Waals surface area contributed by atoms with Gasteiger partial charge in [-0.15, -0.1) is 0 Å². The normalized spacial score (nSPS) is 17.0. The Balaban J connectivity index is 1.55. The largest absolute Gasteiger partial charge is 0.493 e. The molecule has 1 fully saturated rings. The van der Waals surface area contributed by atoms with Gasteiger partial charge < -0.3 is 19.1 Å². The van der Waals surface area contributed by atoms with Gasteiger partial charge in [-0.1, -0.05) is 13.0 Å². The minimum absolute atomic E-state index is 0.381. The Morgan fingerprint density at radius 2 is 2.07 bits per heavy atom. The van der Waals surface area contributed by atoms with E-state index in [2.05, 4.69) is 21.8 Å². The van der Waals surface area contributed by atoms with Gasteiger partial charge in [0, 0.05) is 45.1 Å². The summed E-state index contributed by atoms with van der Waals surface area (Å²) >= 11 is 0. The van der Waals surface area contributed by atoms with E-state index in [4.69, 9.17) is 14.2 Å². The first kappa shape index (κ1) is 20.6. The molecule has 6 heteroatoms. The number of hydrogen-bond donors (Lipinski definition) is 0. The third kappa shape index (κ3) is 5.66. The lowest BCUT2D eigenvalue weighted by molar-refractivity contribution is 0.107. The summed E-state index contributed by atoms with van der Waals surface area (Å²) in [6.45, 7) is 5.92. The van der Waals surface area contributed by atoms with E-state index >= 15 is 0 Å². The molecule has 2 heterocycles. The Kier molecular flexibility index (Phi) is 7.62. The zero-order chi connectivity index (χ0) is 19.8. The summed E-state index contributed by atoms with van der Waals surface area (Å²) in [5.74, 6) is 2.37. The molecule has 0 bridgehead atoms.